The minimum Gasteiger partial charge on any atom is -0.481 e. The van der Waals surface area contributed by atoms with E-state index in [-0.39, 0.29) is 13.0 Å². The molecule has 2 unspecified atom stereocenters. The van der Waals surface area contributed by atoms with E-state index < -0.39 is 28.7 Å². The predicted octanol–water partition coefficient (Wildman–Crippen LogP) is 2.23. The number of aliphatic carboxylic acids is 2. The number of esters is 1. The van der Waals surface area contributed by atoms with Gasteiger partial charge in [0.1, 0.15) is 0 Å². The highest BCUT2D eigenvalue weighted by Crippen LogP contribution is 2.53. The summed E-state index contributed by atoms with van der Waals surface area (Å²) in [5.74, 6) is -2.72. The molecule has 0 saturated heterocycles. The van der Waals surface area contributed by atoms with E-state index in [1.54, 1.807) is 0 Å². The van der Waals surface area contributed by atoms with Gasteiger partial charge in [-0.25, -0.2) is 4.79 Å². The van der Waals surface area contributed by atoms with Gasteiger partial charge in [-0.05, 0) is 32.6 Å². The molecule has 0 radical (unpaired) electrons. The van der Waals surface area contributed by atoms with Crippen molar-refractivity contribution in [2.24, 2.45) is 10.8 Å². The first-order valence-electron chi connectivity index (χ1n) is 7.06. The molecule has 0 spiro atoms. The Morgan fingerprint density at radius 3 is 2.33 bits per heavy atom. The summed E-state index contributed by atoms with van der Waals surface area (Å²) in [5, 5.41) is 19.1. The summed E-state index contributed by atoms with van der Waals surface area (Å²) in [6.45, 7) is 4.85. The Kier molecular flexibility index (Phi) is 5.52. The normalized spacial score (nSPS) is 28.6. The Morgan fingerprint density at radius 2 is 1.81 bits per heavy atom. The summed E-state index contributed by atoms with van der Waals surface area (Å²) in [5.41, 5.74) is -2.60. The van der Waals surface area contributed by atoms with Gasteiger partial charge in [0.15, 0.2) is 0 Å². The SMILES string of the molecule is C=CC(=O)OCCCC1(C(=O)O)CCCCC1(C)C(=O)O. The molecule has 6 heteroatoms. The van der Waals surface area contributed by atoms with Crippen molar-refractivity contribution in [3.63, 3.8) is 0 Å². The number of carboxylic acids is 2. The molecule has 0 heterocycles. The van der Waals surface area contributed by atoms with Crippen LogP contribution in [0, 0.1) is 10.8 Å². The van der Waals surface area contributed by atoms with Crippen molar-refractivity contribution in [3.8, 4) is 0 Å². The molecule has 0 aromatic rings. The van der Waals surface area contributed by atoms with Crippen molar-refractivity contribution in [2.45, 2.75) is 45.4 Å². The number of ether oxygens (including phenoxy) is 1. The lowest BCUT2D eigenvalue weighted by Gasteiger charge is -2.46. The fourth-order valence-electron chi connectivity index (χ4n) is 3.19. The quantitative estimate of drug-likeness (QED) is 0.424. The zero-order valence-electron chi connectivity index (χ0n) is 12.3. The molecule has 0 aliphatic heterocycles. The first-order chi connectivity index (χ1) is 9.80. The fraction of sp³-hybridized carbons (Fsp3) is 0.667. The van der Waals surface area contributed by atoms with E-state index in [0.717, 1.165) is 6.08 Å². The van der Waals surface area contributed by atoms with Gasteiger partial charge in [0.25, 0.3) is 0 Å². The van der Waals surface area contributed by atoms with Gasteiger partial charge >= 0.3 is 17.9 Å². The number of hydrogen-bond donors (Lipinski definition) is 2. The summed E-state index contributed by atoms with van der Waals surface area (Å²) < 4.78 is 4.84. The molecule has 0 aromatic carbocycles. The lowest BCUT2D eigenvalue weighted by Crippen LogP contribution is -2.53. The molecule has 1 aliphatic carbocycles. The Hall–Kier alpha value is -1.85. The highest BCUT2D eigenvalue weighted by atomic mass is 16.5. The molecule has 2 atom stereocenters. The molecule has 0 bridgehead atoms. The molecule has 1 fully saturated rings. The highest BCUT2D eigenvalue weighted by Gasteiger charge is 2.58. The third-order valence-corrected chi connectivity index (χ3v) is 4.63. The summed E-state index contributed by atoms with van der Waals surface area (Å²) >= 11 is 0. The van der Waals surface area contributed by atoms with Gasteiger partial charge < -0.3 is 14.9 Å². The van der Waals surface area contributed by atoms with Crippen LogP contribution >= 0.6 is 0 Å². The van der Waals surface area contributed by atoms with Crippen LogP contribution in [0.15, 0.2) is 12.7 Å². The largest absolute Gasteiger partial charge is 0.481 e. The van der Waals surface area contributed by atoms with E-state index in [4.69, 9.17) is 4.74 Å². The molecule has 1 rings (SSSR count). The first kappa shape index (κ1) is 17.2. The third-order valence-electron chi connectivity index (χ3n) is 4.63. The second-order valence-corrected chi connectivity index (χ2v) is 5.71. The second-order valence-electron chi connectivity index (χ2n) is 5.71. The van der Waals surface area contributed by atoms with E-state index >= 15 is 0 Å². The molecule has 21 heavy (non-hydrogen) atoms. The molecule has 2 N–H and O–H groups in total. The predicted molar refractivity (Wildman–Crippen MR) is 74.7 cm³/mol. The topological polar surface area (TPSA) is 101 Å². The monoisotopic (exact) mass is 298 g/mol. The number of carboxylic acid groups (broad SMARTS) is 2. The van der Waals surface area contributed by atoms with E-state index in [1.807, 2.05) is 0 Å². The van der Waals surface area contributed by atoms with Gasteiger partial charge in [-0.15, -0.1) is 0 Å². The summed E-state index contributed by atoms with van der Waals surface area (Å²) in [6, 6.07) is 0. The van der Waals surface area contributed by atoms with Crippen LogP contribution < -0.4 is 0 Å². The zero-order valence-corrected chi connectivity index (χ0v) is 12.3. The van der Waals surface area contributed by atoms with Gasteiger partial charge in [0.2, 0.25) is 0 Å². The van der Waals surface area contributed by atoms with Crippen LogP contribution in [-0.2, 0) is 19.1 Å². The van der Waals surface area contributed by atoms with E-state index in [1.165, 1.54) is 6.92 Å². The minimum absolute atomic E-state index is 0.0651. The molecule has 6 nitrogen and oxygen atoms in total. The average molecular weight is 298 g/mol. The van der Waals surface area contributed by atoms with Gasteiger partial charge in [-0.1, -0.05) is 19.4 Å². The van der Waals surface area contributed by atoms with Crippen molar-refractivity contribution >= 4 is 17.9 Å². The minimum atomic E-state index is -1.31. The molecular weight excluding hydrogens is 276 g/mol. The number of rotatable bonds is 7. The lowest BCUT2D eigenvalue weighted by molar-refractivity contribution is -0.179. The fourth-order valence-corrected chi connectivity index (χ4v) is 3.19. The lowest BCUT2D eigenvalue weighted by atomic mass is 9.55. The van der Waals surface area contributed by atoms with E-state index in [0.29, 0.717) is 32.1 Å². The van der Waals surface area contributed by atoms with E-state index in [2.05, 4.69) is 6.58 Å². The molecule has 1 aliphatic rings. The number of hydrogen-bond acceptors (Lipinski definition) is 4. The van der Waals surface area contributed by atoms with Crippen LogP contribution in [0.25, 0.3) is 0 Å². The second kappa shape index (κ2) is 6.74. The Balaban J connectivity index is 2.86. The van der Waals surface area contributed by atoms with Crippen molar-refractivity contribution in [1.29, 1.82) is 0 Å². The third kappa shape index (κ3) is 3.25. The molecule has 0 amide bonds. The van der Waals surface area contributed by atoms with Crippen LogP contribution in [0.5, 0.6) is 0 Å². The van der Waals surface area contributed by atoms with E-state index in [9.17, 15) is 24.6 Å². The average Bonchev–Trinajstić information content (AvgIpc) is 2.44. The van der Waals surface area contributed by atoms with Crippen molar-refractivity contribution in [2.75, 3.05) is 6.61 Å². The summed E-state index contributed by atoms with van der Waals surface area (Å²) in [7, 11) is 0. The Bertz CT molecular complexity index is 443. The van der Waals surface area contributed by atoms with Crippen molar-refractivity contribution in [1.82, 2.24) is 0 Å². The Morgan fingerprint density at radius 1 is 1.19 bits per heavy atom. The van der Waals surface area contributed by atoms with Crippen LogP contribution in [0.4, 0.5) is 0 Å². The van der Waals surface area contributed by atoms with Crippen LogP contribution in [0.3, 0.4) is 0 Å². The number of carbonyl (C=O) groups is 3. The van der Waals surface area contributed by atoms with Gasteiger partial charge in [-0.3, -0.25) is 9.59 Å². The zero-order chi connectivity index (χ0) is 16.1. The first-order valence-corrected chi connectivity index (χ1v) is 7.06. The summed E-state index contributed by atoms with van der Waals surface area (Å²) in [6.07, 6.45) is 3.62. The van der Waals surface area contributed by atoms with Crippen molar-refractivity contribution < 1.29 is 29.3 Å². The maximum absolute atomic E-state index is 11.8. The Labute approximate surface area is 123 Å². The maximum atomic E-state index is 11.8. The van der Waals surface area contributed by atoms with Gasteiger partial charge in [-0.2, -0.15) is 0 Å². The van der Waals surface area contributed by atoms with Crippen LogP contribution in [0.1, 0.15) is 45.4 Å². The highest BCUT2D eigenvalue weighted by molar-refractivity contribution is 5.86. The van der Waals surface area contributed by atoms with Gasteiger partial charge in [0, 0.05) is 6.08 Å². The van der Waals surface area contributed by atoms with Crippen LogP contribution in [-0.4, -0.2) is 34.7 Å². The van der Waals surface area contributed by atoms with Crippen molar-refractivity contribution in [3.05, 3.63) is 12.7 Å². The van der Waals surface area contributed by atoms with Crippen LogP contribution in [0.2, 0.25) is 0 Å². The molecule has 1 saturated carbocycles. The smallest absolute Gasteiger partial charge is 0.330 e. The number of carbonyl (C=O) groups excluding carboxylic acids is 1. The van der Waals surface area contributed by atoms with Gasteiger partial charge in [0.05, 0.1) is 17.4 Å². The summed E-state index contributed by atoms with van der Waals surface area (Å²) in [4.78, 5) is 34.4. The maximum Gasteiger partial charge on any atom is 0.330 e. The molecule has 0 aromatic heterocycles. The molecule has 118 valence electrons. The molecular formula is C15H22O6. The standard InChI is InChI=1S/C15H22O6/c1-3-11(16)21-10-6-9-15(13(19)20)8-5-4-7-14(15,2)12(17)18/h3H,1,4-10H2,2H3,(H,17,18)(H,19,20).